The molecule has 2 saturated heterocycles. The average Bonchev–Trinajstić information content (AvgIpc) is 3.27. The lowest BCUT2D eigenvalue weighted by Crippen LogP contribution is -2.51. The zero-order chi connectivity index (χ0) is 23.7. The van der Waals surface area contributed by atoms with Crippen LogP contribution in [-0.2, 0) is 16.0 Å². The fraction of sp³-hybridized carbons (Fsp3) is 0.520. The topological polar surface area (TPSA) is 91.8 Å². The molecular weight excluding hydrogens is 452 g/mol. The van der Waals surface area contributed by atoms with Crippen molar-refractivity contribution in [1.29, 1.82) is 0 Å². The van der Waals surface area contributed by atoms with E-state index in [-0.39, 0.29) is 29.9 Å². The van der Waals surface area contributed by atoms with Gasteiger partial charge >= 0.3 is 0 Å². The van der Waals surface area contributed by atoms with Crippen molar-refractivity contribution < 1.29 is 19.1 Å². The molecule has 0 saturated carbocycles. The lowest BCUT2D eigenvalue weighted by molar-refractivity contribution is -0.137. The average molecular weight is 483 g/mol. The van der Waals surface area contributed by atoms with Crippen molar-refractivity contribution >= 4 is 34.1 Å². The Bertz CT molecular complexity index is 1090. The summed E-state index contributed by atoms with van der Waals surface area (Å²) in [6.45, 7) is 6.88. The molecule has 1 aromatic carbocycles. The highest BCUT2D eigenvalue weighted by molar-refractivity contribution is 7.17. The van der Waals surface area contributed by atoms with Crippen molar-refractivity contribution in [2.75, 3.05) is 44.7 Å². The minimum absolute atomic E-state index is 0.0535. The molecule has 2 aliphatic heterocycles. The van der Waals surface area contributed by atoms with Crippen molar-refractivity contribution in [2.45, 2.75) is 38.6 Å². The van der Waals surface area contributed by atoms with Gasteiger partial charge in [-0.05, 0) is 31.9 Å². The van der Waals surface area contributed by atoms with Crippen LogP contribution in [0.4, 0.5) is 5.13 Å². The number of morpholine rings is 1. The number of thiazole rings is 1. The maximum absolute atomic E-state index is 13.2. The van der Waals surface area contributed by atoms with Gasteiger partial charge in [0.05, 0.1) is 29.7 Å². The molecule has 0 spiro atoms. The van der Waals surface area contributed by atoms with Gasteiger partial charge in [0.15, 0.2) is 10.9 Å². The van der Waals surface area contributed by atoms with E-state index >= 15 is 0 Å². The number of carbonyl (C=O) groups excluding carboxylic acids is 3. The molecule has 2 fully saturated rings. The summed E-state index contributed by atoms with van der Waals surface area (Å²) < 4.78 is 5.45. The predicted octanol–water partition coefficient (Wildman–Crippen LogP) is 2.77. The van der Waals surface area contributed by atoms with E-state index in [0.29, 0.717) is 33.7 Å². The van der Waals surface area contributed by atoms with Crippen molar-refractivity contribution in [3.8, 4) is 0 Å². The van der Waals surface area contributed by atoms with Crippen LogP contribution in [0.25, 0.3) is 0 Å². The number of hydrogen-bond donors (Lipinski definition) is 1. The van der Waals surface area contributed by atoms with E-state index in [4.69, 9.17) is 4.74 Å². The summed E-state index contributed by atoms with van der Waals surface area (Å²) in [5.41, 5.74) is 2.17. The number of carbonyl (C=O) groups is 3. The van der Waals surface area contributed by atoms with Crippen LogP contribution in [0.1, 0.15) is 50.5 Å². The number of hydrogen-bond acceptors (Lipinski definition) is 7. The van der Waals surface area contributed by atoms with Gasteiger partial charge in [-0.25, -0.2) is 4.98 Å². The second-order valence-corrected chi connectivity index (χ2v) is 10.4. The molecule has 1 aliphatic carbocycles. The number of aryl methyl sites for hydroxylation is 1. The summed E-state index contributed by atoms with van der Waals surface area (Å²) in [4.78, 5) is 48.1. The first-order valence-corrected chi connectivity index (χ1v) is 12.8. The summed E-state index contributed by atoms with van der Waals surface area (Å²) in [5, 5.41) is 3.22. The third kappa shape index (κ3) is 4.92. The van der Waals surface area contributed by atoms with Crippen molar-refractivity contribution in [1.82, 2.24) is 14.8 Å². The fourth-order valence-corrected chi connectivity index (χ4v) is 6.10. The number of Topliss-reactive ketones (excluding diaryl/α,β-unsaturated/α-hetero) is 1. The van der Waals surface area contributed by atoms with Gasteiger partial charge in [0.2, 0.25) is 5.91 Å². The van der Waals surface area contributed by atoms with E-state index in [1.165, 1.54) is 11.3 Å². The summed E-state index contributed by atoms with van der Waals surface area (Å²) >= 11 is 1.20. The van der Waals surface area contributed by atoms with Gasteiger partial charge in [0, 0.05) is 50.6 Å². The Morgan fingerprint density at radius 1 is 1.12 bits per heavy atom. The van der Waals surface area contributed by atoms with Crippen LogP contribution < -0.4 is 5.32 Å². The van der Waals surface area contributed by atoms with E-state index in [9.17, 15) is 14.4 Å². The minimum atomic E-state index is -0.373. The molecular formula is C25H30N4O4S. The Kier molecular flexibility index (Phi) is 6.76. The zero-order valence-corrected chi connectivity index (χ0v) is 20.2. The molecule has 8 nitrogen and oxygen atoms in total. The molecule has 3 aliphatic rings. The fourth-order valence-electron chi connectivity index (χ4n) is 5.17. The third-order valence-electron chi connectivity index (χ3n) is 7.01. The van der Waals surface area contributed by atoms with Gasteiger partial charge in [-0.15, -0.1) is 0 Å². The number of fused-ring (bicyclic) bond motifs is 1. The van der Waals surface area contributed by atoms with Crippen LogP contribution >= 0.6 is 11.3 Å². The molecule has 2 amide bonds. The highest BCUT2D eigenvalue weighted by Gasteiger charge is 2.37. The lowest BCUT2D eigenvalue weighted by Gasteiger charge is -2.41. The number of nitrogens with zero attached hydrogens (tertiary/aromatic N) is 3. The number of aromatic nitrogens is 1. The standard InChI is InChI=1S/C25H30N4O4S/c1-16-3-2-4-17(13-16)23(31)27-25-26-20-14-18(15-21(30)22(20)34-25)24(32)29-7-5-19(6-8-29)28-9-11-33-12-10-28/h2-4,13,18-19H,5-12,14-15H2,1H3,(H,26,27,31). The second kappa shape index (κ2) is 9.93. The highest BCUT2D eigenvalue weighted by atomic mass is 32.1. The van der Waals surface area contributed by atoms with Crippen LogP contribution in [0.15, 0.2) is 24.3 Å². The number of likely N-dealkylation sites (tertiary alicyclic amines) is 1. The molecule has 180 valence electrons. The van der Waals surface area contributed by atoms with E-state index in [1.807, 2.05) is 30.0 Å². The van der Waals surface area contributed by atoms with Gasteiger partial charge < -0.3 is 9.64 Å². The number of nitrogens with one attached hydrogen (secondary N) is 1. The molecule has 1 N–H and O–H groups in total. The Balaban J connectivity index is 1.20. The molecule has 9 heteroatoms. The Hall–Kier alpha value is -2.62. The van der Waals surface area contributed by atoms with E-state index in [1.54, 1.807) is 6.07 Å². The second-order valence-electron chi connectivity index (χ2n) is 9.35. The molecule has 0 bridgehead atoms. The van der Waals surface area contributed by atoms with Crippen molar-refractivity contribution in [3.63, 3.8) is 0 Å². The quantitative estimate of drug-likeness (QED) is 0.721. The smallest absolute Gasteiger partial charge is 0.257 e. The molecule has 0 radical (unpaired) electrons. The molecule has 5 rings (SSSR count). The van der Waals surface area contributed by atoms with Crippen LogP contribution in [0.5, 0.6) is 0 Å². The number of anilines is 1. The van der Waals surface area contributed by atoms with Crippen molar-refractivity contribution in [3.05, 3.63) is 46.0 Å². The molecule has 34 heavy (non-hydrogen) atoms. The van der Waals surface area contributed by atoms with E-state index < -0.39 is 0 Å². The van der Waals surface area contributed by atoms with Crippen LogP contribution in [0, 0.1) is 12.8 Å². The first-order valence-electron chi connectivity index (χ1n) is 12.0. The van der Waals surface area contributed by atoms with E-state index in [0.717, 1.165) is 57.8 Å². The first-order chi connectivity index (χ1) is 16.5. The number of benzene rings is 1. The SMILES string of the molecule is Cc1cccc(C(=O)Nc2nc3c(s2)C(=O)CC(C(=O)N2CCC(N4CCOCC4)CC2)C3)c1. The molecule has 1 aromatic heterocycles. The van der Waals surface area contributed by atoms with Crippen LogP contribution in [0.3, 0.4) is 0 Å². The number of ketones is 1. The minimum Gasteiger partial charge on any atom is -0.379 e. The molecule has 1 unspecified atom stereocenters. The van der Waals surface area contributed by atoms with Crippen LogP contribution in [-0.4, -0.2) is 77.8 Å². The molecule has 2 aromatic rings. The Morgan fingerprint density at radius 3 is 2.62 bits per heavy atom. The number of amides is 2. The molecule has 1 atom stereocenters. The van der Waals surface area contributed by atoms with Gasteiger partial charge in [0.1, 0.15) is 0 Å². The van der Waals surface area contributed by atoms with Crippen molar-refractivity contribution in [2.24, 2.45) is 5.92 Å². The van der Waals surface area contributed by atoms with Gasteiger partial charge in [-0.2, -0.15) is 0 Å². The number of rotatable bonds is 4. The largest absolute Gasteiger partial charge is 0.379 e. The third-order valence-corrected chi connectivity index (χ3v) is 8.06. The van der Waals surface area contributed by atoms with Gasteiger partial charge in [-0.3, -0.25) is 24.6 Å². The number of ether oxygens (including phenoxy) is 1. The maximum Gasteiger partial charge on any atom is 0.257 e. The number of piperidine rings is 1. The normalized spacial score (nSPS) is 21.9. The predicted molar refractivity (Wildman–Crippen MR) is 129 cm³/mol. The van der Waals surface area contributed by atoms with Crippen LogP contribution in [0.2, 0.25) is 0 Å². The summed E-state index contributed by atoms with van der Waals surface area (Å²) in [5.74, 6) is -0.630. The van der Waals surface area contributed by atoms with Gasteiger partial charge in [-0.1, -0.05) is 29.0 Å². The first kappa shape index (κ1) is 23.1. The molecule has 3 heterocycles. The Labute approximate surface area is 203 Å². The Morgan fingerprint density at radius 2 is 1.88 bits per heavy atom. The lowest BCUT2D eigenvalue weighted by atomic mass is 9.88. The summed E-state index contributed by atoms with van der Waals surface area (Å²) in [7, 11) is 0. The summed E-state index contributed by atoms with van der Waals surface area (Å²) in [6.07, 6.45) is 2.58. The zero-order valence-electron chi connectivity index (χ0n) is 19.4. The van der Waals surface area contributed by atoms with E-state index in [2.05, 4.69) is 15.2 Å². The maximum atomic E-state index is 13.2. The highest BCUT2D eigenvalue weighted by Crippen LogP contribution is 2.34. The monoisotopic (exact) mass is 482 g/mol. The van der Waals surface area contributed by atoms with Gasteiger partial charge in [0.25, 0.3) is 5.91 Å². The summed E-state index contributed by atoms with van der Waals surface area (Å²) in [6, 6.07) is 7.83.